The fraction of sp³-hybridized carbons (Fsp3) is 0.308. The number of rotatable bonds is 4. The van der Waals surface area contributed by atoms with Crippen molar-refractivity contribution < 1.29 is 0 Å². The molecule has 0 spiro atoms. The summed E-state index contributed by atoms with van der Waals surface area (Å²) in [4.78, 5) is 13.5. The van der Waals surface area contributed by atoms with E-state index >= 15 is 0 Å². The first-order valence-electron chi connectivity index (χ1n) is 5.97. The summed E-state index contributed by atoms with van der Waals surface area (Å²) in [6, 6.07) is 8.51. The van der Waals surface area contributed by atoms with Crippen molar-refractivity contribution in [3.8, 4) is 0 Å². The Morgan fingerprint density at radius 1 is 1.16 bits per heavy atom. The molecule has 1 aromatic carbocycles. The minimum atomic E-state index is 0.108. The zero-order valence-corrected chi connectivity index (χ0v) is 12.0. The van der Waals surface area contributed by atoms with Crippen molar-refractivity contribution in [1.82, 2.24) is 15.0 Å². The van der Waals surface area contributed by atoms with Crippen LogP contribution in [-0.2, 0) is 0 Å². The fourth-order valence-electron chi connectivity index (χ4n) is 1.74. The Labute approximate surface area is 117 Å². The summed E-state index contributed by atoms with van der Waals surface area (Å²) >= 11 is 1.73. The molecule has 1 heterocycles. The van der Waals surface area contributed by atoms with Crippen LogP contribution < -0.4 is 11.1 Å². The predicted molar refractivity (Wildman–Crippen MR) is 79.2 cm³/mol. The molecule has 1 unspecified atom stereocenters. The van der Waals surface area contributed by atoms with E-state index < -0.39 is 0 Å². The van der Waals surface area contributed by atoms with E-state index in [1.807, 2.05) is 0 Å². The van der Waals surface area contributed by atoms with Crippen molar-refractivity contribution in [2.75, 3.05) is 17.3 Å². The van der Waals surface area contributed by atoms with Gasteiger partial charge in [0.2, 0.25) is 11.9 Å². The molecule has 6 heteroatoms. The molecule has 1 aromatic heterocycles. The molecule has 0 saturated carbocycles. The van der Waals surface area contributed by atoms with Gasteiger partial charge in [-0.25, -0.2) is 0 Å². The number of nitrogens with two attached hydrogens (primary N) is 1. The third-order valence-corrected chi connectivity index (χ3v) is 3.47. The van der Waals surface area contributed by atoms with Gasteiger partial charge in [-0.15, -0.1) is 11.8 Å². The molecule has 0 aliphatic rings. The average Bonchev–Trinajstić information content (AvgIpc) is 2.37. The number of thioether (sulfide) groups is 1. The standard InChI is InChI=1S/C13H17N5S/c1-8(10-4-6-11(19-3)7-5-10)15-13-17-9(2)16-12(14)18-13/h4-8H,1-3H3,(H3,14,15,16,17,18). The summed E-state index contributed by atoms with van der Waals surface area (Å²) in [5.74, 6) is 1.35. The first-order chi connectivity index (χ1) is 9.08. The molecule has 0 bridgehead atoms. The zero-order valence-electron chi connectivity index (χ0n) is 11.2. The van der Waals surface area contributed by atoms with Crippen LogP contribution in [0.2, 0.25) is 0 Å². The molecule has 0 amide bonds. The van der Waals surface area contributed by atoms with Crippen LogP contribution in [0.15, 0.2) is 29.2 Å². The smallest absolute Gasteiger partial charge is 0.228 e. The minimum Gasteiger partial charge on any atom is -0.368 e. The third kappa shape index (κ3) is 3.57. The van der Waals surface area contributed by atoms with E-state index in [1.54, 1.807) is 18.7 Å². The first-order valence-corrected chi connectivity index (χ1v) is 7.19. The van der Waals surface area contributed by atoms with Crippen LogP contribution in [0, 0.1) is 6.92 Å². The highest BCUT2D eigenvalue weighted by Gasteiger charge is 2.08. The van der Waals surface area contributed by atoms with Gasteiger partial charge in [0.15, 0.2) is 0 Å². The number of aromatic nitrogens is 3. The van der Waals surface area contributed by atoms with Gasteiger partial charge in [-0.05, 0) is 37.8 Å². The summed E-state index contributed by atoms with van der Waals surface area (Å²) in [7, 11) is 0. The summed E-state index contributed by atoms with van der Waals surface area (Å²) in [6.45, 7) is 3.85. The van der Waals surface area contributed by atoms with Gasteiger partial charge in [0, 0.05) is 4.90 Å². The van der Waals surface area contributed by atoms with Gasteiger partial charge in [0.25, 0.3) is 0 Å². The second-order valence-electron chi connectivity index (χ2n) is 4.20. The molecule has 0 saturated heterocycles. The molecule has 100 valence electrons. The van der Waals surface area contributed by atoms with Crippen LogP contribution in [0.4, 0.5) is 11.9 Å². The highest BCUT2D eigenvalue weighted by atomic mass is 32.2. The Balaban J connectivity index is 2.13. The van der Waals surface area contributed by atoms with Crippen molar-refractivity contribution >= 4 is 23.7 Å². The molecule has 3 N–H and O–H groups in total. The van der Waals surface area contributed by atoms with Crippen LogP contribution in [0.1, 0.15) is 24.4 Å². The number of anilines is 2. The van der Waals surface area contributed by atoms with Gasteiger partial charge in [-0.1, -0.05) is 12.1 Å². The van der Waals surface area contributed by atoms with Gasteiger partial charge in [-0.2, -0.15) is 15.0 Å². The van der Waals surface area contributed by atoms with Crippen molar-refractivity contribution in [3.63, 3.8) is 0 Å². The highest BCUT2D eigenvalue weighted by Crippen LogP contribution is 2.21. The topological polar surface area (TPSA) is 76.7 Å². The lowest BCUT2D eigenvalue weighted by molar-refractivity contribution is 0.846. The highest BCUT2D eigenvalue weighted by molar-refractivity contribution is 7.98. The van der Waals surface area contributed by atoms with Crippen molar-refractivity contribution in [2.45, 2.75) is 24.8 Å². The Kier molecular flexibility index (Phi) is 4.21. The normalized spacial score (nSPS) is 12.2. The van der Waals surface area contributed by atoms with Crippen LogP contribution in [0.3, 0.4) is 0 Å². The van der Waals surface area contributed by atoms with Gasteiger partial charge in [0.05, 0.1) is 6.04 Å². The molecule has 0 fully saturated rings. The fourth-order valence-corrected chi connectivity index (χ4v) is 2.14. The lowest BCUT2D eigenvalue weighted by Crippen LogP contribution is -2.12. The van der Waals surface area contributed by atoms with E-state index in [0.29, 0.717) is 11.8 Å². The quantitative estimate of drug-likeness (QED) is 0.835. The van der Waals surface area contributed by atoms with E-state index in [2.05, 4.69) is 57.7 Å². The molecule has 0 aliphatic heterocycles. The average molecular weight is 275 g/mol. The lowest BCUT2D eigenvalue weighted by Gasteiger charge is -2.14. The van der Waals surface area contributed by atoms with Crippen molar-refractivity contribution in [1.29, 1.82) is 0 Å². The number of nitrogens with one attached hydrogen (secondary N) is 1. The zero-order chi connectivity index (χ0) is 13.8. The van der Waals surface area contributed by atoms with E-state index in [0.717, 1.165) is 0 Å². The lowest BCUT2D eigenvalue weighted by atomic mass is 10.1. The van der Waals surface area contributed by atoms with Crippen LogP contribution in [0.5, 0.6) is 0 Å². The van der Waals surface area contributed by atoms with Crippen molar-refractivity contribution in [3.05, 3.63) is 35.7 Å². The van der Waals surface area contributed by atoms with Crippen LogP contribution in [0.25, 0.3) is 0 Å². The van der Waals surface area contributed by atoms with E-state index in [9.17, 15) is 0 Å². The molecule has 0 aliphatic carbocycles. The molecule has 2 rings (SSSR count). The summed E-state index contributed by atoms with van der Waals surface area (Å²) < 4.78 is 0. The SMILES string of the molecule is CSc1ccc(C(C)Nc2nc(C)nc(N)n2)cc1. The van der Waals surface area contributed by atoms with E-state index in [1.165, 1.54) is 10.5 Å². The second kappa shape index (κ2) is 5.88. The third-order valence-electron chi connectivity index (χ3n) is 2.73. The molecule has 5 nitrogen and oxygen atoms in total. The number of benzene rings is 1. The number of hydrogen-bond acceptors (Lipinski definition) is 6. The molecule has 1 atom stereocenters. The minimum absolute atomic E-state index is 0.108. The van der Waals surface area contributed by atoms with Gasteiger partial charge >= 0.3 is 0 Å². The second-order valence-corrected chi connectivity index (χ2v) is 5.08. The first kappa shape index (κ1) is 13.6. The number of nitrogens with zero attached hydrogens (tertiary/aromatic N) is 3. The molecule has 0 radical (unpaired) electrons. The maximum absolute atomic E-state index is 5.61. The van der Waals surface area contributed by atoms with E-state index in [4.69, 9.17) is 5.73 Å². The Hall–Kier alpha value is -1.82. The van der Waals surface area contributed by atoms with Gasteiger partial charge in [0.1, 0.15) is 5.82 Å². The van der Waals surface area contributed by atoms with Gasteiger partial charge < -0.3 is 11.1 Å². The largest absolute Gasteiger partial charge is 0.368 e. The summed E-state index contributed by atoms with van der Waals surface area (Å²) in [5.41, 5.74) is 6.78. The monoisotopic (exact) mass is 275 g/mol. The summed E-state index contributed by atoms with van der Waals surface area (Å²) in [6.07, 6.45) is 2.06. The van der Waals surface area contributed by atoms with Crippen molar-refractivity contribution in [2.24, 2.45) is 0 Å². The Morgan fingerprint density at radius 3 is 2.42 bits per heavy atom. The number of nitrogen functional groups attached to an aromatic ring is 1. The number of hydrogen-bond donors (Lipinski definition) is 2. The Morgan fingerprint density at radius 2 is 1.84 bits per heavy atom. The Bertz CT molecular complexity index is 535. The van der Waals surface area contributed by atoms with Crippen LogP contribution >= 0.6 is 11.8 Å². The molecular formula is C13H17N5S. The van der Waals surface area contributed by atoms with E-state index in [-0.39, 0.29) is 12.0 Å². The molecule has 2 aromatic rings. The number of aryl methyl sites for hydroxylation is 1. The maximum Gasteiger partial charge on any atom is 0.228 e. The molecular weight excluding hydrogens is 258 g/mol. The van der Waals surface area contributed by atoms with Gasteiger partial charge in [-0.3, -0.25) is 0 Å². The van der Waals surface area contributed by atoms with Crippen LogP contribution in [-0.4, -0.2) is 21.2 Å². The molecule has 19 heavy (non-hydrogen) atoms. The summed E-state index contributed by atoms with van der Waals surface area (Å²) in [5, 5.41) is 3.23. The maximum atomic E-state index is 5.61. The predicted octanol–water partition coefficient (Wildman–Crippen LogP) is 2.66.